The van der Waals surface area contributed by atoms with E-state index >= 15 is 0 Å². The average Bonchev–Trinajstić information content (AvgIpc) is 2.15. The van der Waals surface area contributed by atoms with Crippen molar-refractivity contribution < 1.29 is 14.3 Å². The summed E-state index contributed by atoms with van der Waals surface area (Å²) >= 11 is 0. The normalized spacial score (nSPS) is 8.77. The number of rotatable bonds is 5. The zero-order chi connectivity index (χ0) is 10.3. The van der Waals surface area contributed by atoms with E-state index in [1.54, 1.807) is 0 Å². The van der Waals surface area contributed by atoms with Crippen molar-refractivity contribution in [2.24, 2.45) is 0 Å². The maximum absolute atomic E-state index is 10.9. The minimum atomic E-state index is -0.564. The highest BCUT2D eigenvalue weighted by Gasteiger charge is 2.06. The molecule has 0 aromatic rings. The number of allylic oxidation sites excluding steroid dienone is 1. The van der Waals surface area contributed by atoms with Gasteiger partial charge < -0.3 is 14.3 Å². The number of nitrogens with zero attached hydrogens (tertiary/aromatic N) is 1. The minimum absolute atomic E-state index is 0.135. The fourth-order valence-corrected chi connectivity index (χ4v) is 0.428. The summed E-state index contributed by atoms with van der Waals surface area (Å²) in [6, 6.07) is 0. The average molecular weight is 180 g/mol. The summed E-state index contributed by atoms with van der Waals surface area (Å²) in [5, 5.41) is 0. The van der Waals surface area contributed by atoms with E-state index in [9.17, 15) is 4.79 Å². The first-order valence-electron chi connectivity index (χ1n) is 3.87. The van der Waals surface area contributed by atoms with Gasteiger partial charge in [0.05, 0.1) is 5.76 Å². The van der Waals surface area contributed by atoms with Gasteiger partial charge in [-0.2, -0.15) is 0 Å². The van der Waals surface area contributed by atoms with Gasteiger partial charge in [-0.25, -0.2) is 4.79 Å². The van der Waals surface area contributed by atoms with Gasteiger partial charge in [0.15, 0.2) is 7.31 Å². The van der Waals surface area contributed by atoms with Crippen LogP contribution in [0, 0.1) is 0 Å². The van der Waals surface area contributed by atoms with Gasteiger partial charge in [0.1, 0.15) is 0 Å². The first-order chi connectivity index (χ1) is 6.11. The largest absolute Gasteiger partial charge is 0.462 e. The Morgan fingerprint density at radius 3 is 2.69 bits per heavy atom. The van der Waals surface area contributed by atoms with Crippen LogP contribution in [0.4, 0.5) is 4.79 Å². The molecule has 0 spiro atoms. The lowest BCUT2D eigenvalue weighted by molar-refractivity contribution is 0.0112. The third kappa shape index (κ3) is 5.22. The van der Waals surface area contributed by atoms with Crippen LogP contribution < -0.4 is 0 Å². The quantitative estimate of drug-likeness (QED) is 0.354. The molecule has 0 atom stereocenters. The summed E-state index contributed by atoms with van der Waals surface area (Å²) in [6.07, 6.45) is 0.127. The van der Waals surface area contributed by atoms with Gasteiger partial charge in [-0.05, 0) is 7.05 Å². The second-order valence-electron chi connectivity index (χ2n) is 2.32. The molecule has 4 nitrogen and oxygen atoms in total. The fraction of sp³-hybridized carbons (Fsp3) is 0.571. The maximum Gasteiger partial charge on any atom is 0.399 e. The molecule has 0 bridgehead atoms. The third-order valence-corrected chi connectivity index (χ3v) is 1.35. The highest BCUT2D eigenvalue weighted by atomic mass is 16.7. The molecule has 0 aromatic carbocycles. The molecule has 0 unspecified atom stereocenters. The van der Waals surface area contributed by atoms with Crippen LogP contribution in [0.5, 0.6) is 0 Å². The van der Waals surface area contributed by atoms with Crippen LogP contribution in [-0.4, -0.2) is 39.8 Å². The summed E-state index contributed by atoms with van der Waals surface area (Å²) in [7, 11) is 7.66. The molecule has 0 fully saturated rings. The van der Waals surface area contributed by atoms with E-state index < -0.39 is 6.09 Å². The van der Waals surface area contributed by atoms with Gasteiger partial charge in [0.2, 0.25) is 6.79 Å². The molecule has 0 rings (SSSR count). The van der Waals surface area contributed by atoms with Gasteiger partial charge in [0, 0.05) is 14.2 Å². The standard InChI is InChI=1S/C7H12B2NO3/c1-4-6(2)12-5-13-7(11)10(3)9-8/h2,4-5H2,1,3H3. The van der Waals surface area contributed by atoms with Crippen molar-refractivity contribution in [1.82, 2.24) is 4.81 Å². The molecule has 0 saturated heterocycles. The molecule has 69 valence electrons. The highest BCUT2D eigenvalue weighted by molar-refractivity contribution is 6.88. The zero-order valence-corrected chi connectivity index (χ0v) is 7.95. The first kappa shape index (κ1) is 11.9. The highest BCUT2D eigenvalue weighted by Crippen LogP contribution is 1.98. The molecule has 0 aliphatic carbocycles. The lowest BCUT2D eigenvalue weighted by Gasteiger charge is -2.15. The van der Waals surface area contributed by atoms with Crippen LogP contribution in [0.2, 0.25) is 0 Å². The van der Waals surface area contributed by atoms with Crippen LogP contribution in [0.3, 0.4) is 0 Å². The number of carbonyl (C=O) groups is 1. The van der Waals surface area contributed by atoms with Crippen molar-refractivity contribution in [1.29, 1.82) is 0 Å². The SMILES string of the molecule is [B][B]N(C)C(=O)OCOC(=C)CC. The van der Waals surface area contributed by atoms with Gasteiger partial charge in [-0.1, -0.05) is 13.5 Å². The summed E-state index contributed by atoms with van der Waals surface area (Å²) < 4.78 is 9.60. The molecule has 0 heterocycles. The number of hydrogen-bond acceptors (Lipinski definition) is 3. The molecule has 13 heavy (non-hydrogen) atoms. The Hall–Kier alpha value is -1.06. The van der Waals surface area contributed by atoms with Crippen LogP contribution in [0.15, 0.2) is 12.3 Å². The van der Waals surface area contributed by atoms with E-state index in [0.717, 1.165) is 12.1 Å². The predicted molar refractivity (Wildman–Crippen MR) is 51.1 cm³/mol. The molecule has 0 aromatic heterocycles. The molecule has 3 radical (unpaired) electrons. The molecule has 1 amide bonds. The third-order valence-electron chi connectivity index (χ3n) is 1.35. The van der Waals surface area contributed by atoms with Crippen LogP contribution in [0.25, 0.3) is 0 Å². The summed E-state index contributed by atoms with van der Waals surface area (Å²) in [5.41, 5.74) is 0. The Kier molecular flexibility index (Phi) is 5.93. The van der Waals surface area contributed by atoms with E-state index in [1.165, 1.54) is 7.05 Å². The summed E-state index contributed by atoms with van der Waals surface area (Å²) in [4.78, 5) is 12.0. The van der Waals surface area contributed by atoms with Gasteiger partial charge in [-0.15, -0.1) is 0 Å². The van der Waals surface area contributed by atoms with Crippen molar-refractivity contribution in [3.05, 3.63) is 12.3 Å². The Morgan fingerprint density at radius 1 is 1.62 bits per heavy atom. The van der Waals surface area contributed by atoms with Gasteiger partial charge in [-0.3, -0.25) is 0 Å². The number of carbonyl (C=O) groups excluding carboxylic acids is 1. The topological polar surface area (TPSA) is 38.8 Å². The summed E-state index contributed by atoms with van der Waals surface area (Å²) in [5.74, 6) is 0.576. The molecule has 0 N–H and O–H groups in total. The molecule has 6 heteroatoms. The Bertz CT molecular complexity index is 187. The predicted octanol–water partition coefficient (Wildman–Crippen LogP) is 0.655. The Labute approximate surface area is 80.5 Å². The zero-order valence-electron chi connectivity index (χ0n) is 7.95. The molecule has 0 aliphatic heterocycles. The molecular formula is C7H12B2NO3. The molecular weight excluding hydrogens is 168 g/mol. The molecule has 0 saturated carbocycles. The van der Waals surface area contributed by atoms with Crippen molar-refractivity contribution in [2.75, 3.05) is 13.8 Å². The lowest BCUT2D eigenvalue weighted by Crippen LogP contribution is -2.31. The fourth-order valence-electron chi connectivity index (χ4n) is 0.428. The Balaban J connectivity index is 3.53. The van der Waals surface area contributed by atoms with Crippen LogP contribution in [-0.2, 0) is 9.47 Å². The van der Waals surface area contributed by atoms with Crippen LogP contribution >= 0.6 is 0 Å². The second kappa shape index (κ2) is 6.46. The van der Waals surface area contributed by atoms with E-state index in [-0.39, 0.29) is 6.79 Å². The van der Waals surface area contributed by atoms with E-state index in [1.807, 2.05) is 6.92 Å². The van der Waals surface area contributed by atoms with Gasteiger partial charge in [0.25, 0.3) is 0 Å². The number of hydrogen-bond donors (Lipinski definition) is 0. The second-order valence-corrected chi connectivity index (χ2v) is 2.32. The Morgan fingerprint density at radius 2 is 2.23 bits per heavy atom. The number of amides is 1. The van der Waals surface area contributed by atoms with E-state index in [4.69, 9.17) is 12.5 Å². The number of ether oxygens (including phenoxy) is 2. The smallest absolute Gasteiger partial charge is 0.399 e. The first-order valence-corrected chi connectivity index (χ1v) is 3.87. The minimum Gasteiger partial charge on any atom is -0.462 e. The molecule has 0 aliphatic rings. The van der Waals surface area contributed by atoms with Crippen molar-refractivity contribution in [2.45, 2.75) is 13.3 Å². The van der Waals surface area contributed by atoms with Gasteiger partial charge >= 0.3 is 6.09 Å². The monoisotopic (exact) mass is 180 g/mol. The van der Waals surface area contributed by atoms with Crippen LogP contribution in [0.1, 0.15) is 13.3 Å². The van der Waals surface area contributed by atoms with Crippen molar-refractivity contribution in [3.8, 4) is 0 Å². The summed E-state index contributed by atoms with van der Waals surface area (Å²) in [6.45, 7) is 5.33. The van der Waals surface area contributed by atoms with Crippen molar-refractivity contribution in [3.63, 3.8) is 0 Å². The van der Waals surface area contributed by atoms with E-state index in [2.05, 4.69) is 11.3 Å². The van der Waals surface area contributed by atoms with E-state index in [0.29, 0.717) is 12.2 Å². The lowest BCUT2D eigenvalue weighted by atomic mass is 9.66. The van der Waals surface area contributed by atoms with Crippen molar-refractivity contribution >= 4 is 21.1 Å². The maximum atomic E-state index is 10.9.